The lowest BCUT2D eigenvalue weighted by Gasteiger charge is -2.24. The second-order valence-corrected chi connectivity index (χ2v) is 5.08. The van der Waals surface area contributed by atoms with Crippen LogP contribution in [0.2, 0.25) is 0 Å². The highest BCUT2D eigenvalue weighted by atomic mass is 32.1. The molecule has 1 unspecified atom stereocenters. The van der Waals surface area contributed by atoms with E-state index in [2.05, 4.69) is 34.7 Å². The van der Waals surface area contributed by atoms with Crippen molar-refractivity contribution in [1.82, 2.24) is 9.55 Å². The third-order valence-corrected chi connectivity index (χ3v) is 3.67. The van der Waals surface area contributed by atoms with Crippen molar-refractivity contribution in [2.75, 3.05) is 13.2 Å². The van der Waals surface area contributed by atoms with E-state index in [1.165, 1.54) is 11.1 Å². The van der Waals surface area contributed by atoms with Gasteiger partial charge in [0.1, 0.15) is 0 Å². The van der Waals surface area contributed by atoms with Crippen molar-refractivity contribution in [2.45, 2.75) is 25.8 Å². The highest BCUT2D eigenvalue weighted by Gasteiger charge is 2.18. The highest BCUT2D eigenvalue weighted by molar-refractivity contribution is 7.71. The van der Waals surface area contributed by atoms with Crippen molar-refractivity contribution in [3.63, 3.8) is 0 Å². The fraction of sp³-hybridized carbons (Fsp3) is 0.462. The molecule has 0 aliphatic carbocycles. The number of H-pyrrole nitrogens is 1. The molecule has 0 radical (unpaired) electrons. The largest absolute Gasteiger partial charge is 0.379 e. The predicted octanol–water partition coefficient (Wildman–Crippen LogP) is 3.36. The van der Waals surface area contributed by atoms with Gasteiger partial charge in [0.05, 0.1) is 23.7 Å². The lowest BCUT2D eigenvalue weighted by atomic mass is 10.1. The molecule has 3 nitrogen and oxygen atoms in total. The number of rotatable bonds is 1. The Hall–Kier alpha value is -1.13. The van der Waals surface area contributed by atoms with E-state index in [1.807, 2.05) is 0 Å². The number of benzene rings is 1. The first-order chi connectivity index (χ1) is 8.25. The average molecular weight is 248 g/mol. The summed E-state index contributed by atoms with van der Waals surface area (Å²) in [6.07, 6.45) is 2.26. The molecule has 0 bridgehead atoms. The van der Waals surface area contributed by atoms with Crippen LogP contribution in [0.5, 0.6) is 0 Å². The third-order valence-electron chi connectivity index (χ3n) is 3.37. The number of aryl methyl sites for hydroxylation is 1. The van der Waals surface area contributed by atoms with E-state index >= 15 is 0 Å². The minimum atomic E-state index is 0.381. The molecular weight excluding hydrogens is 232 g/mol. The molecule has 1 aromatic heterocycles. The molecule has 1 atom stereocenters. The molecule has 2 heterocycles. The molecule has 0 spiro atoms. The summed E-state index contributed by atoms with van der Waals surface area (Å²) in [6.45, 7) is 3.76. The Morgan fingerprint density at radius 3 is 3.12 bits per heavy atom. The van der Waals surface area contributed by atoms with Crippen molar-refractivity contribution >= 4 is 23.3 Å². The zero-order valence-electron chi connectivity index (χ0n) is 9.90. The number of aromatic amines is 1. The lowest BCUT2D eigenvalue weighted by molar-refractivity contribution is 0.0600. The van der Waals surface area contributed by atoms with E-state index in [-0.39, 0.29) is 0 Å². The molecule has 1 aliphatic heterocycles. The summed E-state index contributed by atoms with van der Waals surface area (Å²) in [6, 6.07) is 6.78. The maximum Gasteiger partial charge on any atom is 0.178 e. The maximum absolute atomic E-state index is 5.56. The number of hydrogen-bond donors (Lipinski definition) is 1. The zero-order valence-corrected chi connectivity index (χ0v) is 10.7. The van der Waals surface area contributed by atoms with Crippen LogP contribution in [0.4, 0.5) is 0 Å². The summed E-state index contributed by atoms with van der Waals surface area (Å²) < 4.78 is 8.58. The van der Waals surface area contributed by atoms with Crippen molar-refractivity contribution in [3.8, 4) is 0 Å². The Morgan fingerprint density at radius 2 is 2.35 bits per heavy atom. The number of aromatic nitrogens is 2. The van der Waals surface area contributed by atoms with Crippen LogP contribution in [0.25, 0.3) is 11.0 Å². The molecule has 1 saturated heterocycles. The van der Waals surface area contributed by atoms with E-state index in [4.69, 9.17) is 17.0 Å². The van der Waals surface area contributed by atoms with Gasteiger partial charge in [0.15, 0.2) is 4.77 Å². The van der Waals surface area contributed by atoms with Gasteiger partial charge in [-0.15, -0.1) is 0 Å². The first kappa shape index (κ1) is 11.0. The standard InChI is InChI=1S/C13H16N2OS/c1-9-4-5-11-12(7-9)15(13(17)14-11)10-3-2-6-16-8-10/h4-5,7,10H,2-3,6,8H2,1H3,(H,14,17). The molecule has 0 saturated carbocycles. The SMILES string of the molecule is Cc1ccc2[nH]c(=S)n(C3CCCOC3)c2c1. The van der Waals surface area contributed by atoms with Crippen LogP contribution >= 0.6 is 12.2 Å². The summed E-state index contributed by atoms with van der Waals surface area (Å²) >= 11 is 5.43. The Labute approximate surface area is 105 Å². The summed E-state index contributed by atoms with van der Waals surface area (Å²) in [4.78, 5) is 3.27. The Balaban J connectivity index is 2.16. The fourth-order valence-electron chi connectivity index (χ4n) is 2.52. The van der Waals surface area contributed by atoms with Gasteiger partial charge in [-0.3, -0.25) is 0 Å². The number of fused-ring (bicyclic) bond motifs is 1. The number of nitrogens with one attached hydrogen (secondary N) is 1. The van der Waals surface area contributed by atoms with Crippen LogP contribution in [0.1, 0.15) is 24.4 Å². The van der Waals surface area contributed by atoms with E-state index in [9.17, 15) is 0 Å². The fourth-order valence-corrected chi connectivity index (χ4v) is 2.88. The minimum Gasteiger partial charge on any atom is -0.379 e. The molecule has 3 rings (SSSR count). The average Bonchev–Trinajstić information content (AvgIpc) is 2.65. The molecule has 1 fully saturated rings. The molecule has 2 aromatic rings. The second kappa shape index (κ2) is 4.27. The molecular formula is C13H16N2OS. The van der Waals surface area contributed by atoms with E-state index in [1.54, 1.807) is 0 Å². The molecule has 1 aliphatic rings. The van der Waals surface area contributed by atoms with Crippen molar-refractivity contribution in [3.05, 3.63) is 28.5 Å². The number of hydrogen-bond acceptors (Lipinski definition) is 2. The van der Waals surface area contributed by atoms with E-state index in [0.717, 1.165) is 36.3 Å². The predicted molar refractivity (Wildman–Crippen MR) is 70.9 cm³/mol. The summed E-state index contributed by atoms with van der Waals surface area (Å²) in [5.41, 5.74) is 3.58. The van der Waals surface area contributed by atoms with Gasteiger partial charge in [-0.1, -0.05) is 6.07 Å². The van der Waals surface area contributed by atoms with Gasteiger partial charge < -0.3 is 14.3 Å². The number of nitrogens with zero attached hydrogens (tertiary/aromatic N) is 1. The van der Waals surface area contributed by atoms with Crippen LogP contribution in [-0.2, 0) is 4.74 Å². The maximum atomic E-state index is 5.56. The topological polar surface area (TPSA) is 29.9 Å². The first-order valence-electron chi connectivity index (χ1n) is 6.04. The normalized spacial score (nSPS) is 20.9. The van der Waals surface area contributed by atoms with E-state index < -0.39 is 0 Å². The second-order valence-electron chi connectivity index (χ2n) is 4.69. The monoisotopic (exact) mass is 248 g/mol. The van der Waals surface area contributed by atoms with Crippen LogP contribution in [-0.4, -0.2) is 22.8 Å². The molecule has 4 heteroatoms. The smallest absolute Gasteiger partial charge is 0.178 e. The van der Waals surface area contributed by atoms with Crippen LogP contribution in [0, 0.1) is 11.7 Å². The van der Waals surface area contributed by atoms with Crippen molar-refractivity contribution < 1.29 is 4.74 Å². The van der Waals surface area contributed by atoms with Gasteiger partial charge >= 0.3 is 0 Å². The molecule has 0 amide bonds. The molecule has 90 valence electrons. The van der Waals surface area contributed by atoms with Gasteiger partial charge in [0.25, 0.3) is 0 Å². The highest BCUT2D eigenvalue weighted by Crippen LogP contribution is 2.25. The van der Waals surface area contributed by atoms with Crippen molar-refractivity contribution in [1.29, 1.82) is 0 Å². The molecule has 1 aromatic carbocycles. The van der Waals surface area contributed by atoms with Crippen LogP contribution < -0.4 is 0 Å². The van der Waals surface area contributed by atoms with E-state index in [0.29, 0.717) is 6.04 Å². The molecule has 1 N–H and O–H groups in total. The number of imidazole rings is 1. The zero-order chi connectivity index (χ0) is 11.8. The van der Waals surface area contributed by atoms with Crippen molar-refractivity contribution in [2.24, 2.45) is 0 Å². The Morgan fingerprint density at radius 1 is 1.47 bits per heavy atom. The van der Waals surface area contributed by atoms with Gasteiger partial charge in [-0.25, -0.2) is 0 Å². The minimum absolute atomic E-state index is 0.381. The van der Waals surface area contributed by atoms with Crippen LogP contribution in [0.3, 0.4) is 0 Å². The quantitative estimate of drug-likeness (QED) is 0.784. The first-order valence-corrected chi connectivity index (χ1v) is 6.45. The summed E-state index contributed by atoms with van der Waals surface area (Å²) in [7, 11) is 0. The summed E-state index contributed by atoms with van der Waals surface area (Å²) in [5.74, 6) is 0. The molecule has 17 heavy (non-hydrogen) atoms. The Bertz CT molecular complexity index is 593. The lowest BCUT2D eigenvalue weighted by Crippen LogP contribution is -2.21. The van der Waals surface area contributed by atoms with Gasteiger partial charge in [0, 0.05) is 6.61 Å². The summed E-state index contributed by atoms with van der Waals surface area (Å²) in [5, 5.41) is 0. The van der Waals surface area contributed by atoms with Crippen LogP contribution in [0.15, 0.2) is 18.2 Å². The third kappa shape index (κ3) is 1.91. The number of ether oxygens (including phenoxy) is 1. The van der Waals surface area contributed by atoms with Gasteiger partial charge in [-0.2, -0.15) is 0 Å². The van der Waals surface area contributed by atoms with Gasteiger partial charge in [0.2, 0.25) is 0 Å². The Kier molecular flexibility index (Phi) is 2.76. The van der Waals surface area contributed by atoms with Gasteiger partial charge in [-0.05, 0) is 49.7 Å².